The smallest absolute Gasteiger partial charge is 0.287 e. The molecule has 0 aliphatic heterocycles. The van der Waals surface area contributed by atoms with Gasteiger partial charge in [0.15, 0.2) is 10.2 Å². The van der Waals surface area contributed by atoms with E-state index < -0.39 is 10.8 Å². The van der Waals surface area contributed by atoms with Crippen molar-refractivity contribution < 1.29 is 9.00 Å². The van der Waals surface area contributed by atoms with Gasteiger partial charge in [-0.25, -0.2) is 9.97 Å². The van der Waals surface area contributed by atoms with E-state index in [1.54, 1.807) is 30.3 Å². The zero-order valence-corrected chi connectivity index (χ0v) is 13.7. The number of hydrogen-bond donors (Lipinski definition) is 1. The SMILES string of the molecule is CNC(=O)c1nccn1Cc1cccc2sc(S(C)=O)nc12. The van der Waals surface area contributed by atoms with Crippen LogP contribution in [0.1, 0.15) is 16.2 Å². The van der Waals surface area contributed by atoms with Crippen LogP contribution < -0.4 is 5.32 Å². The predicted molar refractivity (Wildman–Crippen MR) is 86.7 cm³/mol. The van der Waals surface area contributed by atoms with Gasteiger partial charge in [-0.3, -0.25) is 9.00 Å². The fourth-order valence-electron chi connectivity index (χ4n) is 2.18. The molecule has 6 nitrogen and oxygen atoms in total. The number of carbonyl (C=O) groups is 1. The third kappa shape index (κ3) is 2.67. The normalized spacial score (nSPS) is 12.5. The first kappa shape index (κ1) is 14.9. The van der Waals surface area contributed by atoms with Gasteiger partial charge in [-0.2, -0.15) is 0 Å². The van der Waals surface area contributed by atoms with Crippen molar-refractivity contribution in [2.45, 2.75) is 10.9 Å². The molecule has 0 aliphatic carbocycles. The first-order valence-electron chi connectivity index (χ1n) is 6.55. The van der Waals surface area contributed by atoms with Gasteiger partial charge in [-0.05, 0) is 11.6 Å². The minimum absolute atomic E-state index is 0.231. The molecule has 1 unspecified atom stereocenters. The first-order valence-corrected chi connectivity index (χ1v) is 8.92. The van der Waals surface area contributed by atoms with E-state index in [0.29, 0.717) is 16.7 Å². The molecule has 2 aromatic heterocycles. The van der Waals surface area contributed by atoms with Crippen LogP contribution >= 0.6 is 11.3 Å². The zero-order chi connectivity index (χ0) is 15.7. The van der Waals surface area contributed by atoms with E-state index in [2.05, 4.69) is 15.3 Å². The van der Waals surface area contributed by atoms with Gasteiger partial charge < -0.3 is 9.88 Å². The Hall–Kier alpha value is -2.06. The number of hydrogen-bond acceptors (Lipinski definition) is 5. The van der Waals surface area contributed by atoms with Crippen LogP contribution in [-0.2, 0) is 17.3 Å². The van der Waals surface area contributed by atoms with Crippen molar-refractivity contribution in [1.29, 1.82) is 0 Å². The van der Waals surface area contributed by atoms with Gasteiger partial charge in [-0.1, -0.05) is 12.1 Å². The highest BCUT2D eigenvalue weighted by molar-refractivity contribution is 7.86. The maximum absolute atomic E-state index is 11.8. The number of amides is 1. The van der Waals surface area contributed by atoms with Gasteiger partial charge >= 0.3 is 0 Å². The zero-order valence-electron chi connectivity index (χ0n) is 12.1. The minimum atomic E-state index is -1.10. The van der Waals surface area contributed by atoms with Crippen LogP contribution in [0.25, 0.3) is 10.2 Å². The van der Waals surface area contributed by atoms with Gasteiger partial charge in [0.25, 0.3) is 5.91 Å². The van der Waals surface area contributed by atoms with Gasteiger partial charge in [0.05, 0.1) is 27.6 Å². The number of para-hydroxylation sites is 1. The molecular formula is C14H14N4O2S2. The molecule has 1 aromatic carbocycles. The number of nitrogens with one attached hydrogen (secondary N) is 1. The Bertz CT molecular complexity index is 869. The van der Waals surface area contributed by atoms with Crippen LogP contribution in [0, 0.1) is 0 Å². The number of fused-ring (bicyclic) bond motifs is 1. The van der Waals surface area contributed by atoms with Crippen LogP contribution in [0.4, 0.5) is 0 Å². The average molecular weight is 334 g/mol. The summed E-state index contributed by atoms with van der Waals surface area (Å²) in [6.07, 6.45) is 4.98. The Morgan fingerprint density at radius 3 is 3.00 bits per heavy atom. The highest BCUT2D eigenvalue weighted by Crippen LogP contribution is 2.27. The molecule has 0 radical (unpaired) electrons. The Labute approximate surface area is 133 Å². The standard InChI is InChI=1S/C14H14N4O2S2/c1-15-13(19)12-16-6-7-18(12)8-9-4-3-5-10-11(9)17-14(21-10)22(2)20/h3-7H,8H2,1-2H3,(H,15,19). The molecule has 0 saturated heterocycles. The number of rotatable bonds is 4. The summed E-state index contributed by atoms with van der Waals surface area (Å²) in [5.74, 6) is 0.125. The molecule has 1 atom stereocenters. The number of aromatic nitrogens is 3. The second-order valence-corrected chi connectivity index (χ2v) is 7.24. The van der Waals surface area contributed by atoms with Crippen molar-refractivity contribution in [2.24, 2.45) is 0 Å². The topological polar surface area (TPSA) is 76.9 Å². The molecule has 0 spiro atoms. The monoisotopic (exact) mass is 334 g/mol. The molecule has 114 valence electrons. The van der Waals surface area contributed by atoms with Crippen LogP contribution in [0.3, 0.4) is 0 Å². The number of benzene rings is 1. The summed E-state index contributed by atoms with van der Waals surface area (Å²) in [6.45, 7) is 0.486. The van der Waals surface area contributed by atoms with Crippen LogP contribution in [0.15, 0.2) is 34.9 Å². The van der Waals surface area contributed by atoms with E-state index in [-0.39, 0.29) is 5.91 Å². The van der Waals surface area contributed by atoms with Crippen LogP contribution in [-0.4, -0.2) is 38.0 Å². The number of thiazole rings is 1. The second kappa shape index (κ2) is 5.98. The van der Waals surface area contributed by atoms with E-state index in [4.69, 9.17) is 0 Å². The lowest BCUT2D eigenvalue weighted by atomic mass is 10.2. The predicted octanol–water partition coefficient (Wildman–Crippen LogP) is 1.64. The van der Waals surface area contributed by atoms with Crippen LogP contribution in [0.2, 0.25) is 0 Å². The summed E-state index contributed by atoms with van der Waals surface area (Å²) in [7, 11) is 0.477. The third-order valence-corrected chi connectivity index (χ3v) is 5.57. The van der Waals surface area contributed by atoms with Crippen molar-refractivity contribution in [3.8, 4) is 0 Å². The summed E-state index contributed by atoms with van der Waals surface area (Å²) < 4.78 is 15.0. The highest BCUT2D eigenvalue weighted by atomic mass is 32.2. The molecule has 2 heterocycles. The van der Waals surface area contributed by atoms with Crippen molar-refractivity contribution in [1.82, 2.24) is 19.9 Å². The van der Waals surface area contributed by atoms with E-state index in [9.17, 15) is 9.00 Å². The van der Waals surface area contributed by atoms with E-state index in [1.165, 1.54) is 11.3 Å². The lowest BCUT2D eigenvalue weighted by molar-refractivity contribution is 0.0949. The van der Waals surface area contributed by atoms with E-state index in [1.807, 2.05) is 18.2 Å². The Balaban J connectivity index is 2.03. The number of imidazole rings is 1. The Kier molecular flexibility index (Phi) is 4.04. The molecule has 1 amide bonds. The Morgan fingerprint density at radius 1 is 1.45 bits per heavy atom. The Morgan fingerprint density at radius 2 is 2.27 bits per heavy atom. The fourth-order valence-corrected chi connectivity index (χ4v) is 3.88. The number of nitrogens with zero attached hydrogens (tertiary/aromatic N) is 3. The molecular weight excluding hydrogens is 320 g/mol. The summed E-state index contributed by atoms with van der Waals surface area (Å²) in [4.78, 5) is 20.3. The molecule has 8 heteroatoms. The van der Waals surface area contributed by atoms with Crippen molar-refractivity contribution >= 4 is 38.3 Å². The summed E-state index contributed by atoms with van der Waals surface area (Å²) in [6, 6.07) is 5.85. The van der Waals surface area contributed by atoms with Crippen molar-refractivity contribution in [2.75, 3.05) is 13.3 Å². The largest absolute Gasteiger partial charge is 0.352 e. The van der Waals surface area contributed by atoms with Gasteiger partial charge in [0.2, 0.25) is 0 Å². The molecule has 0 fully saturated rings. The lowest BCUT2D eigenvalue weighted by Crippen LogP contribution is -2.22. The van der Waals surface area contributed by atoms with Gasteiger partial charge in [0.1, 0.15) is 0 Å². The molecule has 1 N–H and O–H groups in total. The molecule has 0 bridgehead atoms. The fraction of sp³-hybridized carbons (Fsp3) is 0.214. The second-order valence-electron chi connectivity index (χ2n) is 4.66. The summed E-state index contributed by atoms with van der Waals surface area (Å²) in [5, 5.41) is 2.57. The quantitative estimate of drug-likeness (QED) is 0.787. The van der Waals surface area contributed by atoms with Crippen molar-refractivity contribution in [3.63, 3.8) is 0 Å². The van der Waals surface area contributed by atoms with Gasteiger partial charge in [0, 0.05) is 25.7 Å². The summed E-state index contributed by atoms with van der Waals surface area (Å²) >= 11 is 1.43. The van der Waals surface area contributed by atoms with Gasteiger partial charge in [-0.15, -0.1) is 11.3 Å². The molecule has 0 saturated carbocycles. The minimum Gasteiger partial charge on any atom is -0.352 e. The van der Waals surface area contributed by atoms with Crippen molar-refractivity contribution in [3.05, 3.63) is 42.0 Å². The molecule has 3 aromatic rings. The van der Waals surface area contributed by atoms with Crippen LogP contribution in [0.5, 0.6) is 0 Å². The molecule has 0 aliphatic rings. The first-order chi connectivity index (χ1) is 10.6. The highest BCUT2D eigenvalue weighted by Gasteiger charge is 2.14. The summed E-state index contributed by atoms with van der Waals surface area (Å²) in [5.41, 5.74) is 1.79. The maximum atomic E-state index is 11.8. The molecule has 22 heavy (non-hydrogen) atoms. The number of carbonyl (C=O) groups excluding carboxylic acids is 1. The average Bonchev–Trinajstić information content (AvgIpc) is 3.13. The third-order valence-electron chi connectivity index (χ3n) is 3.22. The van der Waals surface area contributed by atoms with E-state index in [0.717, 1.165) is 15.8 Å². The van der Waals surface area contributed by atoms with E-state index >= 15 is 0 Å². The lowest BCUT2D eigenvalue weighted by Gasteiger charge is -2.07. The maximum Gasteiger partial charge on any atom is 0.287 e. The molecule has 3 rings (SSSR count).